The van der Waals surface area contributed by atoms with Crippen LogP contribution in [-0.4, -0.2) is 27.3 Å². The van der Waals surface area contributed by atoms with Crippen molar-refractivity contribution in [3.63, 3.8) is 0 Å². The molecule has 0 bridgehead atoms. The maximum absolute atomic E-state index is 12.0. The minimum absolute atomic E-state index is 0.158. The average Bonchev–Trinajstić information content (AvgIpc) is 2.57. The quantitative estimate of drug-likeness (QED) is 0.832. The maximum Gasteiger partial charge on any atom is 0.179 e. The molecule has 100 valence electrons. The van der Waals surface area contributed by atoms with Gasteiger partial charge >= 0.3 is 0 Å². The van der Waals surface area contributed by atoms with Crippen LogP contribution in [0, 0.1) is 5.92 Å². The van der Waals surface area contributed by atoms with Crippen molar-refractivity contribution in [1.82, 2.24) is 5.32 Å². The van der Waals surface area contributed by atoms with Crippen LogP contribution in [0.3, 0.4) is 0 Å². The van der Waals surface area contributed by atoms with Crippen LogP contribution in [0.2, 0.25) is 0 Å². The van der Waals surface area contributed by atoms with Crippen molar-refractivity contribution in [2.24, 2.45) is 5.92 Å². The molecule has 0 amide bonds. The van der Waals surface area contributed by atoms with Crippen molar-refractivity contribution in [2.75, 3.05) is 18.8 Å². The van der Waals surface area contributed by atoms with E-state index in [9.17, 15) is 8.42 Å². The Morgan fingerprint density at radius 1 is 1.33 bits per heavy atom. The van der Waals surface area contributed by atoms with E-state index in [4.69, 9.17) is 0 Å². The molecule has 0 spiro atoms. The highest BCUT2D eigenvalue weighted by Crippen LogP contribution is 2.36. The summed E-state index contributed by atoms with van der Waals surface area (Å²) in [6, 6.07) is 7.41. The molecule has 3 nitrogen and oxygen atoms in total. The molecule has 1 N–H and O–H groups in total. The molecule has 0 saturated carbocycles. The standard InChI is InChI=1S/C14H21NO2S/c1-11(2)9-15-8-7-12-10-18(16,17)14-6-4-3-5-13(12)14/h3-6,11-12,15H,7-10H2,1-2H3. The van der Waals surface area contributed by atoms with E-state index in [0.29, 0.717) is 10.8 Å². The van der Waals surface area contributed by atoms with Crippen LogP contribution in [0.4, 0.5) is 0 Å². The number of hydrogen-bond acceptors (Lipinski definition) is 3. The van der Waals surface area contributed by atoms with E-state index in [1.807, 2.05) is 12.1 Å². The molecule has 1 aromatic rings. The fourth-order valence-corrected chi connectivity index (χ4v) is 4.39. The molecule has 0 radical (unpaired) electrons. The zero-order chi connectivity index (χ0) is 13.2. The Morgan fingerprint density at radius 2 is 2.06 bits per heavy atom. The van der Waals surface area contributed by atoms with Gasteiger partial charge in [0.25, 0.3) is 0 Å². The Kier molecular flexibility index (Phi) is 4.07. The van der Waals surface area contributed by atoms with Crippen LogP contribution in [-0.2, 0) is 9.84 Å². The van der Waals surface area contributed by atoms with Crippen LogP contribution < -0.4 is 5.32 Å². The molecule has 1 aromatic carbocycles. The monoisotopic (exact) mass is 267 g/mol. The largest absolute Gasteiger partial charge is 0.316 e. The van der Waals surface area contributed by atoms with E-state index in [0.717, 1.165) is 25.1 Å². The van der Waals surface area contributed by atoms with E-state index in [1.54, 1.807) is 12.1 Å². The molecule has 0 aromatic heterocycles. The van der Waals surface area contributed by atoms with E-state index >= 15 is 0 Å². The molecule has 0 fully saturated rings. The Morgan fingerprint density at radius 3 is 2.78 bits per heavy atom. The number of benzene rings is 1. The highest BCUT2D eigenvalue weighted by atomic mass is 32.2. The Bertz CT molecular complexity index is 508. The molecule has 1 unspecified atom stereocenters. The SMILES string of the molecule is CC(C)CNCCC1CS(=O)(=O)c2ccccc21. The van der Waals surface area contributed by atoms with E-state index in [2.05, 4.69) is 19.2 Å². The van der Waals surface area contributed by atoms with Gasteiger partial charge in [-0.25, -0.2) is 8.42 Å². The third-order valence-electron chi connectivity index (χ3n) is 3.34. The molecule has 0 aliphatic carbocycles. The lowest BCUT2D eigenvalue weighted by molar-refractivity contribution is 0.525. The van der Waals surface area contributed by atoms with Gasteiger partial charge in [-0.2, -0.15) is 0 Å². The highest BCUT2D eigenvalue weighted by Gasteiger charge is 2.33. The van der Waals surface area contributed by atoms with Gasteiger partial charge in [-0.1, -0.05) is 32.0 Å². The van der Waals surface area contributed by atoms with Gasteiger partial charge in [-0.15, -0.1) is 0 Å². The maximum atomic E-state index is 12.0. The van der Waals surface area contributed by atoms with Gasteiger partial charge in [-0.05, 0) is 37.1 Å². The number of rotatable bonds is 5. The Hall–Kier alpha value is -0.870. The molecular weight excluding hydrogens is 246 g/mol. The minimum atomic E-state index is -3.04. The van der Waals surface area contributed by atoms with Crippen molar-refractivity contribution in [3.05, 3.63) is 29.8 Å². The smallest absolute Gasteiger partial charge is 0.179 e. The highest BCUT2D eigenvalue weighted by molar-refractivity contribution is 7.91. The lowest BCUT2D eigenvalue weighted by Gasteiger charge is -2.11. The molecule has 18 heavy (non-hydrogen) atoms. The average molecular weight is 267 g/mol. The van der Waals surface area contributed by atoms with Crippen LogP contribution in [0.15, 0.2) is 29.2 Å². The van der Waals surface area contributed by atoms with Gasteiger partial charge in [0.1, 0.15) is 0 Å². The molecule has 0 saturated heterocycles. The number of fused-ring (bicyclic) bond motifs is 1. The first-order chi connectivity index (χ1) is 8.50. The van der Waals surface area contributed by atoms with Gasteiger partial charge in [0.2, 0.25) is 0 Å². The summed E-state index contributed by atoms with van der Waals surface area (Å²) < 4.78 is 24.0. The lowest BCUT2D eigenvalue weighted by Crippen LogP contribution is -2.22. The third kappa shape index (κ3) is 2.93. The van der Waals surface area contributed by atoms with Gasteiger partial charge in [0, 0.05) is 5.92 Å². The van der Waals surface area contributed by atoms with Crippen molar-refractivity contribution in [3.8, 4) is 0 Å². The minimum Gasteiger partial charge on any atom is -0.316 e. The Labute approximate surface area is 110 Å². The zero-order valence-electron chi connectivity index (χ0n) is 11.0. The number of sulfone groups is 1. The second-order valence-electron chi connectivity index (χ2n) is 5.40. The normalized spacial score (nSPS) is 21.2. The summed E-state index contributed by atoms with van der Waals surface area (Å²) in [7, 11) is -3.04. The van der Waals surface area contributed by atoms with Crippen LogP contribution >= 0.6 is 0 Å². The molecular formula is C14H21NO2S. The first-order valence-electron chi connectivity index (χ1n) is 6.53. The van der Waals surface area contributed by atoms with Gasteiger partial charge in [0.15, 0.2) is 9.84 Å². The predicted molar refractivity (Wildman–Crippen MR) is 73.6 cm³/mol. The second kappa shape index (κ2) is 5.41. The third-order valence-corrected chi connectivity index (χ3v) is 5.22. The van der Waals surface area contributed by atoms with Gasteiger partial charge in [0.05, 0.1) is 10.6 Å². The van der Waals surface area contributed by atoms with E-state index < -0.39 is 9.84 Å². The molecule has 4 heteroatoms. The number of hydrogen-bond donors (Lipinski definition) is 1. The molecule has 1 aliphatic rings. The van der Waals surface area contributed by atoms with E-state index in [-0.39, 0.29) is 11.7 Å². The molecule has 1 heterocycles. The lowest BCUT2D eigenvalue weighted by atomic mass is 9.98. The van der Waals surface area contributed by atoms with Crippen molar-refractivity contribution in [1.29, 1.82) is 0 Å². The molecule has 1 aliphatic heterocycles. The van der Waals surface area contributed by atoms with Gasteiger partial charge in [-0.3, -0.25) is 0 Å². The van der Waals surface area contributed by atoms with Crippen LogP contribution in [0.1, 0.15) is 31.7 Å². The summed E-state index contributed by atoms with van der Waals surface area (Å²) in [4.78, 5) is 0.541. The summed E-state index contributed by atoms with van der Waals surface area (Å²) in [6.45, 7) is 6.21. The first-order valence-corrected chi connectivity index (χ1v) is 8.18. The summed E-state index contributed by atoms with van der Waals surface area (Å²) >= 11 is 0. The summed E-state index contributed by atoms with van der Waals surface area (Å²) in [5.41, 5.74) is 1.00. The Balaban J connectivity index is 2.00. The molecule has 1 atom stereocenters. The zero-order valence-corrected chi connectivity index (χ0v) is 11.8. The molecule has 2 rings (SSSR count). The van der Waals surface area contributed by atoms with E-state index in [1.165, 1.54) is 0 Å². The van der Waals surface area contributed by atoms with Crippen molar-refractivity contribution < 1.29 is 8.42 Å². The van der Waals surface area contributed by atoms with Crippen LogP contribution in [0.25, 0.3) is 0 Å². The summed E-state index contributed by atoms with van der Waals surface area (Å²) in [5, 5.41) is 3.38. The predicted octanol–water partition coefficient (Wildman–Crippen LogP) is 2.19. The summed E-state index contributed by atoms with van der Waals surface area (Å²) in [5.74, 6) is 1.06. The summed E-state index contributed by atoms with van der Waals surface area (Å²) in [6.07, 6.45) is 0.892. The second-order valence-corrected chi connectivity index (χ2v) is 7.41. The van der Waals surface area contributed by atoms with Crippen LogP contribution in [0.5, 0.6) is 0 Å². The fraction of sp³-hybridized carbons (Fsp3) is 0.571. The topological polar surface area (TPSA) is 46.2 Å². The van der Waals surface area contributed by atoms with Crippen molar-refractivity contribution in [2.45, 2.75) is 31.1 Å². The fourth-order valence-electron chi connectivity index (χ4n) is 2.45. The first kappa shape index (κ1) is 13.6. The van der Waals surface area contributed by atoms with Crippen molar-refractivity contribution >= 4 is 9.84 Å². The number of nitrogens with one attached hydrogen (secondary N) is 1. The van der Waals surface area contributed by atoms with Gasteiger partial charge < -0.3 is 5.32 Å².